The topological polar surface area (TPSA) is 41.1 Å². The van der Waals surface area contributed by atoms with E-state index in [4.69, 9.17) is 0 Å². The second kappa shape index (κ2) is 8.70. The number of hydrogen-bond donors (Lipinski definition) is 2. The van der Waals surface area contributed by atoms with Gasteiger partial charge in [-0.05, 0) is 36.1 Å². The number of rotatable bonds is 5. The first-order chi connectivity index (χ1) is 10.8. The summed E-state index contributed by atoms with van der Waals surface area (Å²) in [5, 5.41) is 6.40. The molecule has 3 rings (SSSR count). The number of halogens is 1. The lowest BCUT2D eigenvalue weighted by Gasteiger charge is -2.11. The fourth-order valence-electron chi connectivity index (χ4n) is 2.86. The Balaban J connectivity index is 0.00000192. The van der Waals surface area contributed by atoms with E-state index in [-0.39, 0.29) is 18.3 Å². The van der Waals surface area contributed by atoms with Gasteiger partial charge < -0.3 is 10.6 Å². The molecule has 0 bridgehead atoms. The predicted molar refractivity (Wildman–Crippen MR) is 96.9 cm³/mol. The summed E-state index contributed by atoms with van der Waals surface area (Å²) in [5.41, 5.74) is 3.43. The van der Waals surface area contributed by atoms with Crippen molar-refractivity contribution in [1.82, 2.24) is 10.6 Å². The minimum absolute atomic E-state index is 0. The summed E-state index contributed by atoms with van der Waals surface area (Å²) in [7, 11) is 0. The molecule has 1 atom stereocenters. The van der Waals surface area contributed by atoms with Crippen molar-refractivity contribution >= 4 is 18.3 Å². The third kappa shape index (κ3) is 5.08. The highest BCUT2D eigenvalue weighted by Crippen LogP contribution is 2.19. The molecule has 0 spiro atoms. The Bertz CT molecular complexity index is 607. The van der Waals surface area contributed by atoms with Crippen molar-refractivity contribution < 1.29 is 4.79 Å². The number of benzene rings is 2. The Labute approximate surface area is 143 Å². The summed E-state index contributed by atoms with van der Waals surface area (Å²) in [4.78, 5) is 12.0. The molecular weight excluding hydrogens is 308 g/mol. The van der Waals surface area contributed by atoms with Gasteiger partial charge in [-0.2, -0.15) is 0 Å². The van der Waals surface area contributed by atoms with Crippen LogP contribution in [-0.4, -0.2) is 25.0 Å². The molecule has 1 heterocycles. The molecule has 1 unspecified atom stereocenters. The fraction of sp³-hybridized carbons (Fsp3) is 0.316. The zero-order valence-electron chi connectivity index (χ0n) is 13.1. The molecule has 0 radical (unpaired) electrons. The molecule has 1 aliphatic rings. The van der Waals surface area contributed by atoms with Crippen molar-refractivity contribution in [2.75, 3.05) is 13.1 Å². The molecule has 1 fully saturated rings. The predicted octanol–water partition coefficient (Wildman–Crippen LogP) is 3.19. The summed E-state index contributed by atoms with van der Waals surface area (Å²) in [6.07, 6.45) is 2.81. The summed E-state index contributed by atoms with van der Waals surface area (Å²) >= 11 is 0. The largest absolute Gasteiger partial charge is 0.354 e. The maximum absolute atomic E-state index is 12.0. The second-order valence-corrected chi connectivity index (χ2v) is 5.84. The molecule has 1 saturated heterocycles. The molecular formula is C19H23ClN2O. The molecule has 2 aromatic rings. The fourth-order valence-corrected chi connectivity index (χ4v) is 2.86. The van der Waals surface area contributed by atoms with Crippen LogP contribution in [0.4, 0.5) is 0 Å². The van der Waals surface area contributed by atoms with Crippen molar-refractivity contribution in [3.8, 4) is 11.1 Å². The monoisotopic (exact) mass is 330 g/mol. The molecule has 2 N–H and O–H groups in total. The van der Waals surface area contributed by atoms with Crippen LogP contribution in [0.1, 0.15) is 18.4 Å². The van der Waals surface area contributed by atoms with E-state index in [0.717, 1.165) is 25.1 Å². The lowest BCUT2D eigenvalue weighted by atomic mass is 10.0. The lowest BCUT2D eigenvalue weighted by Crippen LogP contribution is -2.37. The van der Waals surface area contributed by atoms with E-state index in [1.54, 1.807) is 0 Å². The molecule has 1 aliphatic heterocycles. The first-order valence-electron chi connectivity index (χ1n) is 7.96. The Hall–Kier alpha value is -1.84. The number of carbonyl (C=O) groups excluding carboxylic acids is 1. The van der Waals surface area contributed by atoms with Crippen molar-refractivity contribution in [2.24, 2.45) is 0 Å². The Morgan fingerprint density at radius 1 is 1.04 bits per heavy atom. The van der Waals surface area contributed by atoms with Crippen LogP contribution in [0.25, 0.3) is 11.1 Å². The third-order valence-electron chi connectivity index (χ3n) is 4.13. The van der Waals surface area contributed by atoms with Gasteiger partial charge in [0.2, 0.25) is 5.91 Å². The summed E-state index contributed by atoms with van der Waals surface area (Å²) < 4.78 is 0. The van der Waals surface area contributed by atoms with E-state index in [2.05, 4.69) is 34.9 Å². The SMILES string of the molecule is Cl.O=C(Cc1ccc(-c2ccccc2)cc1)NCC1CCCN1. The molecule has 23 heavy (non-hydrogen) atoms. The van der Waals surface area contributed by atoms with Crippen LogP contribution < -0.4 is 10.6 Å². The van der Waals surface area contributed by atoms with Crippen LogP contribution in [-0.2, 0) is 11.2 Å². The van der Waals surface area contributed by atoms with Gasteiger partial charge in [0.25, 0.3) is 0 Å². The maximum atomic E-state index is 12.0. The van der Waals surface area contributed by atoms with Gasteiger partial charge in [-0.3, -0.25) is 4.79 Å². The van der Waals surface area contributed by atoms with Crippen molar-refractivity contribution in [3.05, 3.63) is 60.2 Å². The number of carbonyl (C=O) groups is 1. The molecule has 0 saturated carbocycles. The molecule has 3 nitrogen and oxygen atoms in total. The van der Waals surface area contributed by atoms with E-state index in [0.29, 0.717) is 12.5 Å². The first kappa shape index (κ1) is 17.5. The van der Waals surface area contributed by atoms with Crippen molar-refractivity contribution in [2.45, 2.75) is 25.3 Å². The highest BCUT2D eigenvalue weighted by atomic mass is 35.5. The standard InChI is InChI=1S/C19H22N2O.ClH/c22-19(21-14-18-7-4-12-20-18)13-15-8-10-17(11-9-15)16-5-2-1-3-6-16;/h1-3,5-6,8-11,18,20H,4,7,12-14H2,(H,21,22);1H. The van der Waals surface area contributed by atoms with Gasteiger partial charge in [0.05, 0.1) is 6.42 Å². The quantitative estimate of drug-likeness (QED) is 0.884. The summed E-state index contributed by atoms with van der Waals surface area (Å²) in [5.74, 6) is 0.0983. The van der Waals surface area contributed by atoms with Crippen LogP contribution in [0.5, 0.6) is 0 Å². The smallest absolute Gasteiger partial charge is 0.224 e. The summed E-state index contributed by atoms with van der Waals surface area (Å²) in [6.45, 7) is 1.81. The maximum Gasteiger partial charge on any atom is 0.224 e. The Kier molecular flexibility index (Phi) is 6.63. The number of nitrogens with one attached hydrogen (secondary N) is 2. The molecule has 1 amide bonds. The lowest BCUT2D eigenvalue weighted by molar-refractivity contribution is -0.120. The Morgan fingerprint density at radius 2 is 1.74 bits per heavy atom. The Morgan fingerprint density at radius 3 is 2.39 bits per heavy atom. The van der Waals surface area contributed by atoms with E-state index in [1.807, 2.05) is 30.3 Å². The number of amides is 1. The van der Waals surface area contributed by atoms with E-state index in [9.17, 15) is 4.79 Å². The van der Waals surface area contributed by atoms with Crippen LogP contribution >= 0.6 is 12.4 Å². The van der Waals surface area contributed by atoms with Gasteiger partial charge in [-0.25, -0.2) is 0 Å². The average molecular weight is 331 g/mol. The average Bonchev–Trinajstić information content (AvgIpc) is 3.08. The highest BCUT2D eigenvalue weighted by molar-refractivity contribution is 5.85. The molecule has 122 valence electrons. The van der Waals surface area contributed by atoms with Gasteiger partial charge in [-0.15, -0.1) is 12.4 Å². The van der Waals surface area contributed by atoms with Crippen LogP contribution in [0.3, 0.4) is 0 Å². The van der Waals surface area contributed by atoms with Crippen LogP contribution in [0.15, 0.2) is 54.6 Å². The van der Waals surface area contributed by atoms with Crippen LogP contribution in [0, 0.1) is 0 Å². The highest BCUT2D eigenvalue weighted by Gasteiger charge is 2.14. The zero-order chi connectivity index (χ0) is 15.2. The molecule has 4 heteroatoms. The molecule has 0 aromatic heterocycles. The minimum Gasteiger partial charge on any atom is -0.354 e. The summed E-state index contributed by atoms with van der Waals surface area (Å²) in [6, 6.07) is 19.0. The van der Waals surface area contributed by atoms with Crippen molar-refractivity contribution in [1.29, 1.82) is 0 Å². The zero-order valence-corrected chi connectivity index (χ0v) is 13.9. The number of hydrogen-bond acceptors (Lipinski definition) is 2. The van der Waals surface area contributed by atoms with Crippen LogP contribution in [0.2, 0.25) is 0 Å². The van der Waals surface area contributed by atoms with E-state index < -0.39 is 0 Å². The normalized spacial score (nSPS) is 16.6. The minimum atomic E-state index is 0. The van der Waals surface area contributed by atoms with Gasteiger partial charge in [0, 0.05) is 12.6 Å². The molecule has 0 aliphatic carbocycles. The second-order valence-electron chi connectivity index (χ2n) is 5.84. The van der Waals surface area contributed by atoms with Crippen molar-refractivity contribution in [3.63, 3.8) is 0 Å². The third-order valence-corrected chi connectivity index (χ3v) is 4.13. The van der Waals surface area contributed by atoms with E-state index in [1.165, 1.54) is 17.5 Å². The first-order valence-corrected chi connectivity index (χ1v) is 7.96. The van der Waals surface area contributed by atoms with Gasteiger partial charge in [-0.1, -0.05) is 54.6 Å². The van der Waals surface area contributed by atoms with Gasteiger partial charge in [0.1, 0.15) is 0 Å². The molecule has 2 aromatic carbocycles. The van der Waals surface area contributed by atoms with E-state index >= 15 is 0 Å². The van der Waals surface area contributed by atoms with Gasteiger partial charge in [0.15, 0.2) is 0 Å². The van der Waals surface area contributed by atoms with Gasteiger partial charge >= 0.3 is 0 Å².